The molecule has 18 heteroatoms. The Morgan fingerprint density at radius 2 is 1.47 bits per heavy atom. The lowest BCUT2D eigenvalue weighted by Gasteiger charge is -2.32. The number of halogens is 2. The van der Waals surface area contributed by atoms with Crippen LogP contribution in [-0.4, -0.2) is 97.6 Å². The zero-order chi connectivity index (χ0) is 43.1. The number of methoxy groups -OCH3 is 2. The van der Waals surface area contributed by atoms with Crippen LogP contribution in [0.25, 0.3) is 0 Å². The summed E-state index contributed by atoms with van der Waals surface area (Å²) < 4.78 is 22.4. The molecular formula is C40H52Cl2N8O8. The second kappa shape index (κ2) is 19.0. The van der Waals surface area contributed by atoms with Crippen LogP contribution in [0.3, 0.4) is 0 Å². The van der Waals surface area contributed by atoms with Crippen molar-refractivity contribution in [2.45, 2.75) is 78.0 Å². The van der Waals surface area contributed by atoms with E-state index in [1.54, 1.807) is 59.7 Å². The first kappa shape index (κ1) is 45.4. The van der Waals surface area contributed by atoms with Crippen LogP contribution in [0.1, 0.15) is 60.8 Å². The lowest BCUT2D eigenvalue weighted by atomic mass is 10.2. The molecule has 1 fully saturated rings. The van der Waals surface area contributed by atoms with Crippen LogP contribution in [0, 0.1) is 0 Å². The SMILES string of the molecule is C=CC(=O)Nc1cc(NCCCN(C)C)ccc1N(C(=O)OC(C)(C)C)c1cc(N(C(=O)N(C(=O)OC(C)(C)C)c2c(Cl)c(OC)cc(OC)c2Cl)C2CC2)ncn1. The molecule has 2 N–H and O–H groups in total. The molecule has 3 aromatic rings. The third-order valence-corrected chi connectivity index (χ3v) is 8.87. The number of hydrogen-bond donors (Lipinski definition) is 2. The maximum absolute atomic E-state index is 14.9. The van der Waals surface area contributed by atoms with E-state index in [-0.39, 0.29) is 50.2 Å². The van der Waals surface area contributed by atoms with Gasteiger partial charge >= 0.3 is 18.2 Å². The molecule has 0 radical (unpaired) electrons. The Kier molecular flexibility index (Phi) is 14.8. The highest BCUT2D eigenvalue weighted by molar-refractivity contribution is 6.43. The van der Waals surface area contributed by atoms with Gasteiger partial charge in [-0.3, -0.25) is 9.69 Å². The van der Waals surface area contributed by atoms with E-state index in [9.17, 15) is 19.2 Å². The van der Waals surface area contributed by atoms with E-state index in [0.29, 0.717) is 30.0 Å². The standard InChI is InChI=1S/C40H52Cl2N8O8/c1-12-32(51)46-26-20-24(43-18-13-19-47(8)9)14-17-27(26)49(37(53)57-39(2,3)4)31-22-30(44-23-45-31)48(25-15-16-25)36(52)50(38(54)58-40(5,6)7)35-33(41)28(55-10)21-29(56-11)34(35)42/h12,14,17,20-23,25,43H,1,13,15-16,18-19H2,2-11H3,(H,46,51). The molecule has 314 valence electrons. The Labute approximate surface area is 349 Å². The Balaban J connectivity index is 1.90. The Bertz CT molecular complexity index is 1990. The molecule has 1 aliphatic rings. The Morgan fingerprint density at radius 3 is 2.00 bits per heavy atom. The molecule has 2 aromatic carbocycles. The molecule has 58 heavy (non-hydrogen) atoms. The second-order valence-corrected chi connectivity index (χ2v) is 16.3. The lowest BCUT2D eigenvalue weighted by Crippen LogP contribution is -2.50. The molecule has 0 bridgehead atoms. The third-order valence-electron chi connectivity index (χ3n) is 8.14. The second-order valence-electron chi connectivity index (χ2n) is 15.5. The summed E-state index contributed by atoms with van der Waals surface area (Å²) >= 11 is 13.5. The first-order chi connectivity index (χ1) is 27.2. The first-order valence-electron chi connectivity index (χ1n) is 18.5. The number of rotatable bonds is 14. The van der Waals surface area contributed by atoms with Gasteiger partial charge in [-0.1, -0.05) is 29.8 Å². The van der Waals surface area contributed by atoms with E-state index < -0.39 is 41.4 Å². The van der Waals surface area contributed by atoms with Crippen molar-refractivity contribution in [1.29, 1.82) is 0 Å². The zero-order valence-electron chi connectivity index (χ0n) is 34.6. The van der Waals surface area contributed by atoms with Gasteiger partial charge < -0.3 is 34.5 Å². The number of ether oxygens (including phenoxy) is 4. The molecule has 4 rings (SSSR count). The number of carbonyl (C=O) groups excluding carboxylic acids is 4. The average molecular weight is 844 g/mol. The van der Waals surface area contributed by atoms with E-state index in [1.807, 2.05) is 14.1 Å². The number of anilines is 6. The van der Waals surface area contributed by atoms with Gasteiger partial charge in [0.05, 0.1) is 25.6 Å². The van der Waals surface area contributed by atoms with Crippen molar-refractivity contribution < 1.29 is 38.1 Å². The van der Waals surface area contributed by atoms with Crippen molar-refractivity contribution in [2.75, 3.05) is 66.7 Å². The minimum atomic E-state index is -1.09. The summed E-state index contributed by atoms with van der Waals surface area (Å²) in [6.45, 7) is 15.1. The zero-order valence-corrected chi connectivity index (χ0v) is 36.1. The van der Waals surface area contributed by atoms with Gasteiger partial charge in [0.15, 0.2) is 0 Å². The summed E-state index contributed by atoms with van der Waals surface area (Å²) in [5.41, 5.74) is -1.15. The predicted octanol–water partition coefficient (Wildman–Crippen LogP) is 8.89. The molecule has 1 aromatic heterocycles. The van der Waals surface area contributed by atoms with E-state index in [0.717, 1.165) is 23.9 Å². The number of hydrogen-bond acceptors (Lipinski definition) is 12. The molecule has 1 heterocycles. The van der Waals surface area contributed by atoms with Crippen LogP contribution in [0.4, 0.5) is 48.8 Å². The van der Waals surface area contributed by atoms with E-state index >= 15 is 0 Å². The average Bonchev–Trinajstić information content (AvgIpc) is 3.96. The molecular weight excluding hydrogens is 791 g/mol. The highest BCUT2D eigenvalue weighted by Gasteiger charge is 2.43. The molecule has 5 amide bonds. The largest absolute Gasteiger partial charge is 0.495 e. The molecule has 16 nitrogen and oxygen atoms in total. The van der Waals surface area contributed by atoms with Gasteiger partial charge in [-0.25, -0.2) is 29.3 Å². The maximum Gasteiger partial charge on any atom is 0.423 e. The number of amides is 5. The van der Waals surface area contributed by atoms with Gasteiger partial charge in [0.1, 0.15) is 56.4 Å². The lowest BCUT2D eigenvalue weighted by molar-refractivity contribution is -0.111. The van der Waals surface area contributed by atoms with Crippen molar-refractivity contribution in [3.8, 4) is 11.5 Å². The fourth-order valence-corrected chi connectivity index (χ4v) is 6.16. The monoisotopic (exact) mass is 842 g/mol. The number of benzene rings is 2. The van der Waals surface area contributed by atoms with Crippen molar-refractivity contribution in [3.63, 3.8) is 0 Å². The fraction of sp³-hybridized carbons (Fsp3) is 0.450. The van der Waals surface area contributed by atoms with E-state index in [2.05, 4.69) is 32.1 Å². The Hall–Kier alpha value is -5.32. The third kappa shape index (κ3) is 11.6. The van der Waals surface area contributed by atoms with E-state index in [4.69, 9.17) is 42.1 Å². The Morgan fingerprint density at radius 1 is 0.879 bits per heavy atom. The summed E-state index contributed by atoms with van der Waals surface area (Å²) in [7, 11) is 6.69. The van der Waals surface area contributed by atoms with Crippen LogP contribution < -0.4 is 34.8 Å². The van der Waals surface area contributed by atoms with Crippen molar-refractivity contribution in [2.24, 2.45) is 0 Å². The number of imide groups is 1. The van der Waals surface area contributed by atoms with Gasteiger partial charge in [-0.15, -0.1) is 0 Å². The summed E-state index contributed by atoms with van der Waals surface area (Å²) in [4.78, 5) is 70.0. The predicted molar refractivity (Wildman–Crippen MR) is 227 cm³/mol. The van der Waals surface area contributed by atoms with Crippen molar-refractivity contribution in [3.05, 3.63) is 59.4 Å². The highest BCUT2D eigenvalue weighted by Crippen LogP contribution is 2.48. The molecule has 0 unspecified atom stereocenters. The van der Waals surface area contributed by atoms with Gasteiger partial charge in [-0.2, -0.15) is 4.90 Å². The minimum Gasteiger partial charge on any atom is -0.495 e. The number of carbonyl (C=O) groups is 4. The molecule has 0 saturated heterocycles. The number of nitrogens with zero attached hydrogens (tertiary/aromatic N) is 6. The quantitative estimate of drug-likeness (QED) is 0.117. The van der Waals surface area contributed by atoms with Crippen LogP contribution in [0.5, 0.6) is 11.5 Å². The van der Waals surface area contributed by atoms with Crippen molar-refractivity contribution >= 4 is 81.7 Å². The van der Waals surface area contributed by atoms with Gasteiger partial charge in [0.2, 0.25) is 5.91 Å². The van der Waals surface area contributed by atoms with E-state index in [1.165, 1.54) is 37.6 Å². The van der Waals surface area contributed by atoms with Gasteiger partial charge in [0, 0.05) is 30.4 Å². The van der Waals surface area contributed by atoms with Gasteiger partial charge in [0.25, 0.3) is 0 Å². The molecule has 0 atom stereocenters. The molecule has 0 aliphatic heterocycles. The number of urea groups is 1. The maximum atomic E-state index is 14.9. The summed E-state index contributed by atoms with van der Waals surface area (Å²) in [5, 5.41) is 5.81. The fourth-order valence-electron chi connectivity index (χ4n) is 5.49. The smallest absolute Gasteiger partial charge is 0.423 e. The molecule has 1 saturated carbocycles. The summed E-state index contributed by atoms with van der Waals surface area (Å²) in [6.07, 6.45) is 2.28. The number of nitrogens with one attached hydrogen (secondary N) is 2. The van der Waals surface area contributed by atoms with Crippen LogP contribution in [-0.2, 0) is 14.3 Å². The normalized spacial score (nSPS) is 12.6. The first-order valence-corrected chi connectivity index (χ1v) is 19.2. The van der Waals surface area contributed by atoms with Crippen LogP contribution in [0.15, 0.2) is 49.3 Å². The molecule has 1 aliphatic carbocycles. The van der Waals surface area contributed by atoms with Crippen molar-refractivity contribution in [1.82, 2.24) is 14.9 Å². The minimum absolute atomic E-state index is 0.0116. The number of aromatic nitrogens is 2. The van der Waals surface area contributed by atoms with Crippen LogP contribution in [0.2, 0.25) is 10.0 Å². The van der Waals surface area contributed by atoms with Gasteiger partial charge in [-0.05, 0) is 106 Å². The molecule has 0 spiro atoms. The topological polar surface area (TPSA) is 168 Å². The highest BCUT2D eigenvalue weighted by atomic mass is 35.5. The summed E-state index contributed by atoms with van der Waals surface area (Å²) in [5.74, 6) is -0.399. The van der Waals surface area contributed by atoms with Crippen LogP contribution >= 0.6 is 23.2 Å². The summed E-state index contributed by atoms with van der Waals surface area (Å²) in [6, 6.07) is 6.52.